The minimum Gasteiger partial charge on any atom is -0.395 e. The Kier molecular flexibility index (Phi) is 6.00. The normalized spacial score (nSPS) is 11.9. The molecule has 102 valence electrons. The highest BCUT2D eigenvalue weighted by atomic mass is 16.3. The van der Waals surface area contributed by atoms with Crippen molar-refractivity contribution in [2.75, 3.05) is 25.0 Å². The Hall–Kier alpha value is -1.90. The quantitative estimate of drug-likeness (QED) is 0.806. The zero-order chi connectivity index (χ0) is 14.3. The summed E-state index contributed by atoms with van der Waals surface area (Å²) in [5.41, 5.74) is 0.954. The number of aliphatic hydroxyl groups excluding tert-OH is 1. The van der Waals surface area contributed by atoms with Crippen LogP contribution >= 0.6 is 0 Å². The fraction of sp³-hybridized carbons (Fsp3) is 0.429. The van der Waals surface area contributed by atoms with Gasteiger partial charge in [-0.2, -0.15) is 5.26 Å². The second kappa shape index (κ2) is 7.52. The first kappa shape index (κ1) is 15.2. The molecule has 1 unspecified atom stereocenters. The summed E-state index contributed by atoms with van der Waals surface area (Å²) < 4.78 is 0. The average molecular weight is 261 g/mol. The maximum atomic E-state index is 12.1. The van der Waals surface area contributed by atoms with Gasteiger partial charge < -0.3 is 10.4 Å². The number of para-hydroxylation sites is 1. The van der Waals surface area contributed by atoms with E-state index in [9.17, 15) is 4.79 Å². The van der Waals surface area contributed by atoms with Gasteiger partial charge in [-0.25, -0.2) is 0 Å². The zero-order valence-electron chi connectivity index (χ0n) is 11.3. The molecule has 0 fully saturated rings. The van der Waals surface area contributed by atoms with Crippen LogP contribution in [0.1, 0.15) is 19.4 Å². The van der Waals surface area contributed by atoms with Gasteiger partial charge in [-0.05, 0) is 25.6 Å². The molecule has 0 saturated heterocycles. The summed E-state index contributed by atoms with van der Waals surface area (Å²) in [4.78, 5) is 14.0. The molecule has 0 aromatic heterocycles. The van der Waals surface area contributed by atoms with Gasteiger partial charge in [-0.1, -0.05) is 19.1 Å². The lowest BCUT2D eigenvalue weighted by Gasteiger charge is -2.26. The van der Waals surface area contributed by atoms with Crippen LogP contribution in [0.15, 0.2) is 24.3 Å². The molecule has 1 aromatic rings. The summed E-state index contributed by atoms with van der Waals surface area (Å²) in [6, 6.07) is 8.56. The predicted molar refractivity (Wildman–Crippen MR) is 73.6 cm³/mol. The van der Waals surface area contributed by atoms with Gasteiger partial charge in [-0.3, -0.25) is 9.69 Å². The second-order valence-corrected chi connectivity index (χ2v) is 4.17. The van der Waals surface area contributed by atoms with Crippen molar-refractivity contribution in [3.8, 4) is 6.07 Å². The molecule has 1 amide bonds. The van der Waals surface area contributed by atoms with Gasteiger partial charge in [0.25, 0.3) is 0 Å². The van der Waals surface area contributed by atoms with Crippen molar-refractivity contribution in [2.24, 2.45) is 0 Å². The van der Waals surface area contributed by atoms with Crippen molar-refractivity contribution in [1.82, 2.24) is 4.90 Å². The van der Waals surface area contributed by atoms with Crippen molar-refractivity contribution in [3.05, 3.63) is 29.8 Å². The number of nitrogens with one attached hydrogen (secondary N) is 1. The molecule has 5 nitrogen and oxygen atoms in total. The zero-order valence-corrected chi connectivity index (χ0v) is 11.3. The van der Waals surface area contributed by atoms with E-state index in [4.69, 9.17) is 10.4 Å². The van der Waals surface area contributed by atoms with E-state index in [1.54, 1.807) is 31.2 Å². The van der Waals surface area contributed by atoms with Crippen molar-refractivity contribution >= 4 is 11.6 Å². The third-order valence-corrected chi connectivity index (χ3v) is 3.03. The van der Waals surface area contributed by atoms with E-state index >= 15 is 0 Å². The van der Waals surface area contributed by atoms with Gasteiger partial charge in [0.1, 0.15) is 6.07 Å². The Bertz CT molecular complexity index is 468. The number of amides is 1. The molecule has 0 aliphatic rings. The van der Waals surface area contributed by atoms with Gasteiger partial charge >= 0.3 is 0 Å². The Labute approximate surface area is 113 Å². The summed E-state index contributed by atoms with van der Waals surface area (Å²) >= 11 is 0. The molecule has 2 N–H and O–H groups in total. The SMILES string of the molecule is CCN(CCO)C(C)C(=O)Nc1ccccc1C#N. The number of aliphatic hydroxyl groups is 1. The van der Waals surface area contributed by atoms with E-state index in [2.05, 4.69) is 5.32 Å². The first-order chi connectivity index (χ1) is 9.13. The molecular formula is C14H19N3O2. The summed E-state index contributed by atoms with van der Waals surface area (Å²) in [5, 5.41) is 20.7. The topological polar surface area (TPSA) is 76.4 Å². The first-order valence-electron chi connectivity index (χ1n) is 6.29. The molecule has 0 spiro atoms. The molecule has 1 rings (SSSR count). The van der Waals surface area contributed by atoms with Crippen molar-refractivity contribution < 1.29 is 9.90 Å². The van der Waals surface area contributed by atoms with Crippen LogP contribution in [0.3, 0.4) is 0 Å². The molecule has 1 atom stereocenters. The first-order valence-corrected chi connectivity index (χ1v) is 6.29. The van der Waals surface area contributed by atoms with Gasteiger partial charge in [-0.15, -0.1) is 0 Å². The Morgan fingerprint density at radius 3 is 2.79 bits per heavy atom. The summed E-state index contributed by atoms with van der Waals surface area (Å²) in [6.45, 7) is 4.85. The van der Waals surface area contributed by atoms with Crippen LogP contribution in [-0.4, -0.2) is 41.7 Å². The third kappa shape index (κ3) is 4.05. The smallest absolute Gasteiger partial charge is 0.241 e. The van der Waals surface area contributed by atoms with Crippen LogP contribution in [0, 0.1) is 11.3 Å². The maximum absolute atomic E-state index is 12.1. The van der Waals surface area contributed by atoms with E-state index in [1.165, 1.54) is 0 Å². The Balaban J connectivity index is 2.76. The van der Waals surface area contributed by atoms with Crippen LogP contribution in [0.2, 0.25) is 0 Å². The molecule has 19 heavy (non-hydrogen) atoms. The second-order valence-electron chi connectivity index (χ2n) is 4.17. The number of nitrogens with zero attached hydrogens (tertiary/aromatic N) is 2. The van der Waals surface area contributed by atoms with Gasteiger partial charge in [0.2, 0.25) is 5.91 Å². The van der Waals surface area contributed by atoms with Crippen LogP contribution < -0.4 is 5.32 Å². The molecule has 1 aromatic carbocycles. The average Bonchev–Trinajstić information content (AvgIpc) is 2.44. The fourth-order valence-corrected chi connectivity index (χ4v) is 1.85. The number of carbonyl (C=O) groups excluding carboxylic acids is 1. The predicted octanol–water partition coefficient (Wildman–Crippen LogP) is 1.20. The number of nitriles is 1. The van der Waals surface area contributed by atoms with Crippen molar-refractivity contribution in [2.45, 2.75) is 19.9 Å². The molecule has 0 aliphatic carbocycles. The van der Waals surface area contributed by atoms with Crippen molar-refractivity contribution in [3.63, 3.8) is 0 Å². The number of hydrogen-bond acceptors (Lipinski definition) is 4. The minimum atomic E-state index is -0.358. The van der Waals surface area contributed by atoms with E-state index in [1.807, 2.05) is 17.9 Å². The van der Waals surface area contributed by atoms with Crippen LogP contribution in [0.5, 0.6) is 0 Å². The van der Waals surface area contributed by atoms with Crippen molar-refractivity contribution in [1.29, 1.82) is 5.26 Å². The number of carbonyl (C=O) groups is 1. The lowest BCUT2D eigenvalue weighted by atomic mass is 10.2. The van der Waals surface area contributed by atoms with Crippen LogP contribution in [0.4, 0.5) is 5.69 Å². The molecule has 0 heterocycles. The third-order valence-electron chi connectivity index (χ3n) is 3.03. The lowest BCUT2D eigenvalue weighted by molar-refractivity contribution is -0.120. The van der Waals surface area contributed by atoms with E-state index in [0.717, 1.165) is 0 Å². The number of rotatable bonds is 6. The molecule has 0 aliphatic heterocycles. The molecular weight excluding hydrogens is 242 g/mol. The van der Waals surface area contributed by atoms with Crippen LogP contribution in [0.25, 0.3) is 0 Å². The highest BCUT2D eigenvalue weighted by Crippen LogP contribution is 2.14. The Morgan fingerprint density at radius 2 is 2.21 bits per heavy atom. The van der Waals surface area contributed by atoms with Gasteiger partial charge in [0.05, 0.1) is 23.9 Å². The highest BCUT2D eigenvalue weighted by Gasteiger charge is 2.20. The summed E-state index contributed by atoms with van der Waals surface area (Å²) in [7, 11) is 0. The maximum Gasteiger partial charge on any atom is 0.241 e. The van der Waals surface area contributed by atoms with Gasteiger partial charge in [0, 0.05) is 6.54 Å². The lowest BCUT2D eigenvalue weighted by Crippen LogP contribution is -2.43. The summed E-state index contributed by atoms with van der Waals surface area (Å²) in [6.07, 6.45) is 0. The number of likely N-dealkylation sites (N-methyl/N-ethyl adjacent to an activating group) is 1. The van der Waals surface area contributed by atoms with E-state index in [0.29, 0.717) is 24.3 Å². The fourth-order valence-electron chi connectivity index (χ4n) is 1.85. The number of hydrogen-bond donors (Lipinski definition) is 2. The standard InChI is InChI=1S/C14H19N3O2/c1-3-17(8-9-18)11(2)14(19)16-13-7-5-4-6-12(13)10-15/h4-7,11,18H,3,8-9H2,1-2H3,(H,16,19). The number of benzene rings is 1. The van der Waals surface area contributed by atoms with E-state index < -0.39 is 0 Å². The van der Waals surface area contributed by atoms with Gasteiger partial charge in [0.15, 0.2) is 0 Å². The monoisotopic (exact) mass is 261 g/mol. The minimum absolute atomic E-state index is 0.0141. The molecule has 5 heteroatoms. The molecule has 0 bridgehead atoms. The summed E-state index contributed by atoms with van der Waals surface area (Å²) in [5.74, 6) is -0.182. The van der Waals surface area contributed by atoms with Crippen LogP contribution in [-0.2, 0) is 4.79 Å². The number of anilines is 1. The largest absolute Gasteiger partial charge is 0.395 e. The van der Waals surface area contributed by atoms with E-state index in [-0.39, 0.29) is 18.6 Å². The molecule has 0 radical (unpaired) electrons. The Morgan fingerprint density at radius 1 is 1.53 bits per heavy atom. The molecule has 0 saturated carbocycles. The highest BCUT2D eigenvalue weighted by molar-refractivity contribution is 5.95.